The fraction of sp³-hybridized carbons (Fsp3) is 0.286. The standard InChI is InChI=1S/C28H32N2O2/c1-27(2,3)23-11-7-9-19(25(23)31)17-29-21-13-15-22(16-14-21)30-18-20-10-8-12-24(26(20)32)28(4,5)6/h7-18,31-32H,1-6H3/b29-17+,30-18+. The number of aliphatic imine (C=N–C) groups is 2. The Morgan fingerprint density at radius 2 is 0.906 bits per heavy atom. The van der Waals surface area contributed by atoms with Crippen molar-refractivity contribution in [1.82, 2.24) is 0 Å². The summed E-state index contributed by atoms with van der Waals surface area (Å²) in [7, 11) is 0. The average Bonchev–Trinajstić information content (AvgIpc) is 2.71. The summed E-state index contributed by atoms with van der Waals surface area (Å²) in [6, 6.07) is 18.9. The minimum Gasteiger partial charge on any atom is -0.507 e. The summed E-state index contributed by atoms with van der Waals surface area (Å²) in [6.45, 7) is 12.4. The van der Waals surface area contributed by atoms with E-state index < -0.39 is 0 Å². The highest BCUT2D eigenvalue weighted by Crippen LogP contribution is 2.33. The second-order valence-electron chi connectivity index (χ2n) is 10.0. The van der Waals surface area contributed by atoms with E-state index in [-0.39, 0.29) is 22.3 Å². The molecule has 0 saturated carbocycles. The molecule has 166 valence electrons. The van der Waals surface area contributed by atoms with E-state index in [1.54, 1.807) is 12.4 Å². The summed E-state index contributed by atoms with van der Waals surface area (Å²) < 4.78 is 0. The van der Waals surface area contributed by atoms with Crippen LogP contribution in [0.1, 0.15) is 63.8 Å². The first-order valence-electron chi connectivity index (χ1n) is 10.8. The lowest BCUT2D eigenvalue weighted by molar-refractivity contribution is 0.445. The monoisotopic (exact) mass is 428 g/mol. The molecule has 0 amide bonds. The predicted molar refractivity (Wildman–Crippen MR) is 135 cm³/mol. The van der Waals surface area contributed by atoms with Crippen molar-refractivity contribution in [3.63, 3.8) is 0 Å². The highest BCUT2D eigenvalue weighted by molar-refractivity contribution is 5.87. The Labute approximate surface area is 191 Å². The molecule has 0 aliphatic carbocycles. The topological polar surface area (TPSA) is 65.2 Å². The molecule has 32 heavy (non-hydrogen) atoms. The summed E-state index contributed by atoms with van der Waals surface area (Å²) in [5, 5.41) is 21.2. The van der Waals surface area contributed by atoms with Crippen molar-refractivity contribution in [1.29, 1.82) is 0 Å². The third-order valence-corrected chi connectivity index (χ3v) is 5.31. The summed E-state index contributed by atoms with van der Waals surface area (Å²) in [5.41, 5.74) is 4.41. The molecule has 0 spiro atoms. The molecule has 3 aromatic carbocycles. The number of phenolic OH excluding ortho intramolecular Hbond substituents is 2. The van der Waals surface area contributed by atoms with Gasteiger partial charge in [-0.2, -0.15) is 0 Å². The molecule has 0 heterocycles. The zero-order chi connectivity index (χ0) is 23.5. The highest BCUT2D eigenvalue weighted by atomic mass is 16.3. The van der Waals surface area contributed by atoms with Crippen LogP contribution in [0, 0.1) is 0 Å². The largest absolute Gasteiger partial charge is 0.507 e. The maximum atomic E-state index is 10.6. The van der Waals surface area contributed by atoms with Gasteiger partial charge in [-0.05, 0) is 58.4 Å². The second-order valence-corrected chi connectivity index (χ2v) is 10.0. The molecule has 0 aliphatic heterocycles. The fourth-order valence-electron chi connectivity index (χ4n) is 3.45. The molecular formula is C28H32N2O2. The van der Waals surface area contributed by atoms with Gasteiger partial charge in [0, 0.05) is 23.6 Å². The lowest BCUT2D eigenvalue weighted by Gasteiger charge is -2.21. The first kappa shape index (κ1) is 23.3. The van der Waals surface area contributed by atoms with Gasteiger partial charge in [-0.15, -0.1) is 0 Å². The van der Waals surface area contributed by atoms with E-state index in [4.69, 9.17) is 0 Å². The summed E-state index contributed by atoms with van der Waals surface area (Å²) in [6.07, 6.45) is 3.36. The minimum absolute atomic E-state index is 0.144. The Morgan fingerprint density at radius 1 is 0.562 bits per heavy atom. The van der Waals surface area contributed by atoms with Crippen molar-refractivity contribution < 1.29 is 10.2 Å². The number of benzene rings is 3. The van der Waals surface area contributed by atoms with Gasteiger partial charge >= 0.3 is 0 Å². The van der Waals surface area contributed by atoms with Crippen LogP contribution in [0.15, 0.2) is 70.6 Å². The zero-order valence-corrected chi connectivity index (χ0v) is 19.7. The van der Waals surface area contributed by atoms with Crippen LogP contribution in [-0.4, -0.2) is 22.6 Å². The molecule has 4 nitrogen and oxygen atoms in total. The van der Waals surface area contributed by atoms with E-state index in [2.05, 4.69) is 51.5 Å². The molecule has 0 unspecified atom stereocenters. The molecule has 3 rings (SSSR count). The number of phenols is 2. The normalized spacial score (nSPS) is 12.7. The van der Waals surface area contributed by atoms with Gasteiger partial charge in [0.2, 0.25) is 0 Å². The van der Waals surface area contributed by atoms with Gasteiger partial charge in [-0.3, -0.25) is 9.98 Å². The van der Waals surface area contributed by atoms with Gasteiger partial charge in [0.15, 0.2) is 0 Å². The Hall–Kier alpha value is -3.40. The van der Waals surface area contributed by atoms with Crippen LogP contribution in [-0.2, 0) is 10.8 Å². The first-order valence-corrected chi connectivity index (χ1v) is 10.8. The van der Waals surface area contributed by atoms with Crippen LogP contribution >= 0.6 is 0 Å². The third-order valence-electron chi connectivity index (χ3n) is 5.31. The van der Waals surface area contributed by atoms with Gasteiger partial charge in [-0.25, -0.2) is 0 Å². The van der Waals surface area contributed by atoms with Crippen molar-refractivity contribution in [2.24, 2.45) is 9.98 Å². The summed E-state index contributed by atoms with van der Waals surface area (Å²) >= 11 is 0. The van der Waals surface area contributed by atoms with Crippen molar-refractivity contribution in [2.45, 2.75) is 52.4 Å². The molecule has 0 atom stereocenters. The quantitative estimate of drug-likeness (QED) is 0.432. The van der Waals surface area contributed by atoms with Crippen molar-refractivity contribution in [3.8, 4) is 11.5 Å². The number of rotatable bonds is 4. The van der Waals surface area contributed by atoms with Gasteiger partial charge in [0.05, 0.1) is 11.4 Å². The molecular weight excluding hydrogens is 396 g/mol. The summed E-state index contributed by atoms with van der Waals surface area (Å²) in [5.74, 6) is 0.532. The number of aromatic hydroxyl groups is 2. The van der Waals surface area contributed by atoms with E-state index in [0.29, 0.717) is 11.1 Å². The van der Waals surface area contributed by atoms with E-state index in [0.717, 1.165) is 22.5 Å². The number of hydrogen-bond donors (Lipinski definition) is 2. The average molecular weight is 429 g/mol. The molecule has 4 heteroatoms. The van der Waals surface area contributed by atoms with E-state index in [9.17, 15) is 10.2 Å². The molecule has 0 aliphatic rings. The van der Waals surface area contributed by atoms with Gasteiger partial charge in [0.25, 0.3) is 0 Å². The van der Waals surface area contributed by atoms with Crippen LogP contribution in [0.4, 0.5) is 11.4 Å². The van der Waals surface area contributed by atoms with Crippen LogP contribution in [0.3, 0.4) is 0 Å². The van der Waals surface area contributed by atoms with Crippen LogP contribution < -0.4 is 0 Å². The first-order chi connectivity index (χ1) is 15.0. The molecule has 2 N–H and O–H groups in total. The Morgan fingerprint density at radius 3 is 1.22 bits per heavy atom. The Bertz CT molecular complexity index is 1050. The number of para-hydroxylation sites is 2. The predicted octanol–water partition coefficient (Wildman–Crippen LogP) is 7.19. The van der Waals surface area contributed by atoms with Gasteiger partial charge in [0.1, 0.15) is 11.5 Å². The lowest BCUT2D eigenvalue weighted by Crippen LogP contribution is -2.11. The van der Waals surface area contributed by atoms with Gasteiger partial charge < -0.3 is 10.2 Å². The van der Waals surface area contributed by atoms with Gasteiger partial charge in [-0.1, -0.05) is 65.8 Å². The highest BCUT2D eigenvalue weighted by Gasteiger charge is 2.20. The smallest absolute Gasteiger partial charge is 0.128 e. The lowest BCUT2D eigenvalue weighted by atomic mass is 9.85. The van der Waals surface area contributed by atoms with Crippen LogP contribution in [0.25, 0.3) is 0 Å². The second kappa shape index (κ2) is 8.99. The van der Waals surface area contributed by atoms with E-state index >= 15 is 0 Å². The van der Waals surface area contributed by atoms with Crippen molar-refractivity contribution >= 4 is 23.8 Å². The number of nitrogens with zero attached hydrogens (tertiary/aromatic N) is 2. The molecule has 3 aromatic rings. The molecule has 0 radical (unpaired) electrons. The molecule has 0 bridgehead atoms. The Balaban J connectivity index is 1.77. The summed E-state index contributed by atoms with van der Waals surface area (Å²) in [4.78, 5) is 8.99. The molecule has 0 fully saturated rings. The van der Waals surface area contributed by atoms with Crippen LogP contribution in [0.5, 0.6) is 11.5 Å². The SMILES string of the molecule is CC(C)(C)c1cccc(/C=N/c2ccc(/N=C/c3cccc(C(C)(C)C)c3O)cc2)c1O. The zero-order valence-electron chi connectivity index (χ0n) is 19.7. The minimum atomic E-state index is -0.144. The molecule has 0 saturated heterocycles. The van der Waals surface area contributed by atoms with E-state index in [1.807, 2.05) is 60.7 Å². The molecule has 0 aromatic heterocycles. The fourth-order valence-corrected chi connectivity index (χ4v) is 3.45. The maximum Gasteiger partial charge on any atom is 0.128 e. The van der Waals surface area contributed by atoms with E-state index in [1.165, 1.54) is 0 Å². The Kier molecular flexibility index (Phi) is 6.54. The number of hydrogen-bond acceptors (Lipinski definition) is 4. The van der Waals surface area contributed by atoms with Crippen molar-refractivity contribution in [3.05, 3.63) is 82.9 Å². The van der Waals surface area contributed by atoms with Crippen LogP contribution in [0.2, 0.25) is 0 Å². The van der Waals surface area contributed by atoms with Crippen molar-refractivity contribution in [2.75, 3.05) is 0 Å². The third kappa shape index (κ3) is 5.44. The maximum absolute atomic E-state index is 10.6.